The summed E-state index contributed by atoms with van der Waals surface area (Å²) >= 11 is -2.44. The summed E-state index contributed by atoms with van der Waals surface area (Å²) in [6.45, 7) is 8.82. The van der Waals surface area contributed by atoms with Crippen LogP contribution in [-0.4, -0.2) is 37.1 Å². The summed E-state index contributed by atoms with van der Waals surface area (Å²) in [5, 5.41) is 13.2. The molecular formula is C14H30N4Sn. The van der Waals surface area contributed by atoms with Gasteiger partial charge in [-0.25, -0.2) is 0 Å². The molecule has 0 aliphatic rings. The van der Waals surface area contributed by atoms with E-state index in [1.165, 1.54) is 51.8 Å². The SMILES string of the molecule is CCC[CH2][Sn]([CH2]CCC)([CH2]CCC)[n]1nnc(C)n1. The van der Waals surface area contributed by atoms with E-state index < -0.39 is 18.7 Å². The van der Waals surface area contributed by atoms with Gasteiger partial charge in [0.1, 0.15) is 0 Å². The summed E-state index contributed by atoms with van der Waals surface area (Å²) in [7, 11) is 0. The molecule has 0 fully saturated rings. The van der Waals surface area contributed by atoms with Crippen LogP contribution in [0.2, 0.25) is 13.3 Å². The van der Waals surface area contributed by atoms with E-state index in [1.807, 2.05) is 6.92 Å². The Kier molecular flexibility index (Phi) is 7.95. The molecule has 0 saturated carbocycles. The third-order valence-corrected chi connectivity index (χ3v) is 17.9. The molecule has 0 bridgehead atoms. The number of nitrogens with zero attached hydrogens (tertiary/aromatic N) is 4. The summed E-state index contributed by atoms with van der Waals surface area (Å²) in [6.07, 6.45) is 7.86. The monoisotopic (exact) mass is 374 g/mol. The third-order valence-electron chi connectivity index (χ3n) is 3.92. The molecule has 19 heavy (non-hydrogen) atoms. The maximum absolute atomic E-state index is 4.63. The average Bonchev–Trinajstić information content (AvgIpc) is 2.85. The Labute approximate surface area is 122 Å². The van der Waals surface area contributed by atoms with Crippen molar-refractivity contribution in [3.05, 3.63) is 5.82 Å². The number of rotatable bonds is 10. The number of aromatic nitrogens is 4. The minimum atomic E-state index is -2.44. The van der Waals surface area contributed by atoms with Crippen LogP contribution in [-0.2, 0) is 0 Å². The summed E-state index contributed by atoms with van der Waals surface area (Å²) in [6, 6.07) is 0. The van der Waals surface area contributed by atoms with Gasteiger partial charge < -0.3 is 0 Å². The molecule has 0 spiro atoms. The Morgan fingerprint density at radius 2 is 1.37 bits per heavy atom. The Morgan fingerprint density at radius 1 is 0.895 bits per heavy atom. The number of unbranched alkanes of at least 4 members (excludes halogenated alkanes) is 3. The Hall–Kier alpha value is -0.131. The van der Waals surface area contributed by atoms with Crippen molar-refractivity contribution < 1.29 is 0 Å². The molecule has 0 atom stereocenters. The Balaban J connectivity index is 2.93. The van der Waals surface area contributed by atoms with Gasteiger partial charge in [0, 0.05) is 0 Å². The van der Waals surface area contributed by atoms with Crippen LogP contribution >= 0.6 is 0 Å². The first-order valence-corrected chi connectivity index (χ1v) is 15.3. The molecule has 0 aliphatic heterocycles. The normalized spacial score (nSPS) is 12.0. The summed E-state index contributed by atoms with van der Waals surface area (Å²) < 4.78 is 6.31. The van der Waals surface area contributed by atoms with Crippen LogP contribution in [0.3, 0.4) is 0 Å². The van der Waals surface area contributed by atoms with Crippen LogP contribution in [0.5, 0.6) is 0 Å². The number of aryl methyl sites for hydroxylation is 1. The molecule has 4 nitrogen and oxygen atoms in total. The minimum absolute atomic E-state index is 0.838. The molecule has 1 aromatic rings. The first-order chi connectivity index (χ1) is 9.18. The van der Waals surface area contributed by atoms with Crippen LogP contribution in [0, 0.1) is 6.92 Å². The summed E-state index contributed by atoms with van der Waals surface area (Å²) in [5.74, 6) is 0.838. The van der Waals surface area contributed by atoms with Crippen molar-refractivity contribution >= 4 is 18.7 Å². The molecular weight excluding hydrogens is 343 g/mol. The molecule has 1 aromatic heterocycles. The molecule has 110 valence electrons. The van der Waals surface area contributed by atoms with Crippen LogP contribution < -0.4 is 0 Å². The molecule has 0 radical (unpaired) electrons. The van der Waals surface area contributed by atoms with E-state index in [-0.39, 0.29) is 0 Å². The predicted octanol–water partition coefficient (Wildman–Crippen LogP) is 4.18. The molecule has 1 heterocycles. The quantitative estimate of drug-likeness (QED) is 0.578. The fourth-order valence-corrected chi connectivity index (χ4v) is 16.9. The number of tetrazole rings is 1. The second-order valence-electron chi connectivity index (χ2n) is 5.66. The molecule has 0 amide bonds. The van der Waals surface area contributed by atoms with Gasteiger partial charge in [0.2, 0.25) is 0 Å². The van der Waals surface area contributed by atoms with E-state index in [2.05, 4.69) is 39.2 Å². The van der Waals surface area contributed by atoms with Gasteiger partial charge in [-0.1, -0.05) is 0 Å². The Bertz CT molecular complexity index is 329. The van der Waals surface area contributed by atoms with Crippen molar-refractivity contribution in [3.63, 3.8) is 0 Å². The van der Waals surface area contributed by atoms with Gasteiger partial charge >= 0.3 is 122 Å². The molecule has 0 N–H and O–H groups in total. The first-order valence-electron chi connectivity index (χ1n) is 7.95. The van der Waals surface area contributed by atoms with E-state index in [1.54, 1.807) is 0 Å². The third kappa shape index (κ3) is 5.04. The standard InChI is InChI=1S/3C4H9.C2H3N4.Sn/c3*1-3-4-2;1-2-3-5-6-4-2;/h3*1,3-4H2,2H3;1H3;/q;;;-1;+1. The first kappa shape index (κ1) is 16.9. The average molecular weight is 373 g/mol. The zero-order valence-electron chi connectivity index (χ0n) is 13.2. The molecule has 0 aliphatic carbocycles. The zero-order chi connectivity index (χ0) is 14.1. The van der Waals surface area contributed by atoms with E-state index in [0.717, 1.165) is 5.82 Å². The fraction of sp³-hybridized carbons (Fsp3) is 0.929. The van der Waals surface area contributed by atoms with Gasteiger partial charge in [-0.15, -0.1) is 0 Å². The van der Waals surface area contributed by atoms with Crippen molar-refractivity contribution in [2.75, 3.05) is 0 Å². The van der Waals surface area contributed by atoms with Gasteiger partial charge in [0.25, 0.3) is 0 Å². The zero-order valence-corrected chi connectivity index (χ0v) is 16.0. The van der Waals surface area contributed by atoms with Gasteiger partial charge in [-0.05, 0) is 0 Å². The molecule has 0 aromatic carbocycles. The summed E-state index contributed by atoms with van der Waals surface area (Å²) in [5.41, 5.74) is 0. The topological polar surface area (TPSA) is 43.6 Å². The van der Waals surface area contributed by atoms with Crippen molar-refractivity contribution in [2.24, 2.45) is 0 Å². The van der Waals surface area contributed by atoms with Crippen LogP contribution in [0.4, 0.5) is 0 Å². The van der Waals surface area contributed by atoms with E-state index in [9.17, 15) is 0 Å². The van der Waals surface area contributed by atoms with Gasteiger partial charge in [-0.3, -0.25) is 0 Å². The van der Waals surface area contributed by atoms with Crippen molar-refractivity contribution in [1.82, 2.24) is 18.4 Å². The Morgan fingerprint density at radius 3 is 1.68 bits per heavy atom. The second-order valence-corrected chi connectivity index (χ2v) is 18.1. The summed E-state index contributed by atoms with van der Waals surface area (Å²) in [4.78, 5) is 0. The van der Waals surface area contributed by atoms with Crippen LogP contribution in [0.1, 0.15) is 65.1 Å². The van der Waals surface area contributed by atoms with Crippen LogP contribution in [0.15, 0.2) is 0 Å². The van der Waals surface area contributed by atoms with E-state index in [0.29, 0.717) is 0 Å². The number of hydrogen-bond donors (Lipinski definition) is 0. The van der Waals surface area contributed by atoms with Crippen molar-refractivity contribution in [3.8, 4) is 0 Å². The van der Waals surface area contributed by atoms with E-state index >= 15 is 0 Å². The second kappa shape index (κ2) is 8.92. The molecule has 5 heteroatoms. The van der Waals surface area contributed by atoms with Gasteiger partial charge in [0.05, 0.1) is 0 Å². The predicted molar refractivity (Wildman–Crippen MR) is 82.9 cm³/mol. The molecule has 1 rings (SSSR count). The van der Waals surface area contributed by atoms with Gasteiger partial charge in [0.15, 0.2) is 0 Å². The number of hydrogen-bond acceptors (Lipinski definition) is 3. The molecule has 0 unspecified atom stereocenters. The maximum atomic E-state index is 4.63. The van der Waals surface area contributed by atoms with Gasteiger partial charge in [-0.2, -0.15) is 0 Å². The van der Waals surface area contributed by atoms with Crippen molar-refractivity contribution in [1.29, 1.82) is 0 Å². The van der Waals surface area contributed by atoms with Crippen molar-refractivity contribution in [2.45, 2.75) is 79.5 Å². The van der Waals surface area contributed by atoms with E-state index in [4.69, 9.17) is 0 Å². The van der Waals surface area contributed by atoms with Crippen LogP contribution in [0.25, 0.3) is 0 Å². The fourth-order valence-electron chi connectivity index (χ4n) is 2.68. The molecule has 0 saturated heterocycles.